The summed E-state index contributed by atoms with van der Waals surface area (Å²) in [5, 5.41) is 22.9. The molecule has 0 saturated carbocycles. The number of hydrogen-bond donors (Lipinski definition) is 3. The third-order valence-corrected chi connectivity index (χ3v) is 5.20. The maximum absolute atomic E-state index is 12.2. The second-order valence-electron chi connectivity index (χ2n) is 5.82. The molecule has 0 radical (unpaired) electrons. The monoisotopic (exact) mass is 330 g/mol. The first-order chi connectivity index (χ1) is 11.0. The van der Waals surface area contributed by atoms with Crippen LogP contribution in [0.5, 0.6) is 11.5 Å². The van der Waals surface area contributed by atoms with Gasteiger partial charge in [0.15, 0.2) is 11.5 Å². The summed E-state index contributed by atoms with van der Waals surface area (Å²) >= 11 is 1.52. The Morgan fingerprint density at radius 3 is 3.09 bits per heavy atom. The molecule has 1 amide bonds. The number of carbonyl (C=O) groups excluding carboxylic acids is 1. The fourth-order valence-corrected chi connectivity index (χ4v) is 3.78. The molecule has 1 aromatic heterocycles. The van der Waals surface area contributed by atoms with Crippen LogP contribution < -0.4 is 5.43 Å². The molecule has 6 heteroatoms. The van der Waals surface area contributed by atoms with E-state index in [1.807, 2.05) is 6.07 Å². The highest BCUT2D eigenvalue weighted by Crippen LogP contribution is 2.32. The predicted octanol–water partition coefficient (Wildman–Crippen LogP) is 3.05. The Balaban J connectivity index is 1.68. The number of aromatic hydroxyl groups is 2. The molecular formula is C17H18N2O3S. The van der Waals surface area contributed by atoms with Crippen molar-refractivity contribution < 1.29 is 15.0 Å². The van der Waals surface area contributed by atoms with Crippen LogP contribution in [-0.4, -0.2) is 22.3 Å². The van der Waals surface area contributed by atoms with Crippen LogP contribution in [0.4, 0.5) is 0 Å². The molecule has 1 unspecified atom stereocenters. The molecule has 1 aromatic carbocycles. The highest BCUT2D eigenvalue weighted by atomic mass is 32.1. The number of carbonyl (C=O) groups is 1. The normalized spacial score (nSPS) is 17.2. The number of para-hydroxylation sites is 1. The van der Waals surface area contributed by atoms with Crippen molar-refractivity contribution >= 4 is 23.5 Å². The highest BCUT2D eigenvalue weighted by molar-refractivity contribution is 7.14. The maximum Gasteiger partial charge on any atom is 0.281 e. The minimum Gasteiger partial charge on any atom is -0.504 e. The number of rotatable bonds is 3. The molecule has 23 heavy (non-hydrogen) atoms. The lowest BCUT2D eigenvalue weighted by Gasteiger charge is -2.16. The molecule has 1 heterocycles. The highest BCUT2D eigenvalue weighted by Gasteiger charge is 2.20. The summed E-state index contributed by atoms with van der Waals surface area (Å²) in [4.78, 5) is 14.1. The van der Waals surface area contributed by atoms with Gasteiger partial charge in [-0.05, 0) is 48.9 Å². The van der Waals surface area contributed by atoms with Crippen LogP contribution in [0.2, 0.25) is 0 Å². The van der Waals surface area contributed by atoms with Gasteiger partial charge >= 0.3 is 0 Å². The molecule has 3 N–H and O–H groups in total. The number of fused-ring (bicyclic) bond motifs is 1. The Bertz CT molecular complexity index is 767. The van der Waals surface area contributed by atoms with E-state index in [0.29, 0.717) is 16.4 Å². The van der Waals surface area contributed by atoms with Crippen molar-refractivity contribution in [2.24, 2.45) is 11.0 Å². The average molecular weight is 330 g/mol. The number of nitrogens with zero attached hydrogens (tertiary/aromatic N) is 1. The topological polar surface area (TPSA) is 81.9 Å². The fraction of sp³-hybridized carbons (Fsp3) is 0.294. The first kappa shape index (κ1) is 15.6. The second-order valence-corrected chi connectivity index (χ2v) is 6.96. The van der Waals surface area contributed by atoms with Crippen molar-refractivity contribution in [3.63, 3.8) is 0 Å². The Labute approximate surface area is 138 Å². The van der Waals surface area contributed by atoms with Gasteiger partial charge in [0.25, 0.3) is 5.91 Å². The molecule has 0 spiro atoms. The lowest BCUT2D eigenvalue weighted by molar-refractivity contribution is 0.0959. The Morgan fingerprint density at radius 2 is 2.26 bits per heavy atom. The van der Waals surface area contributed by atoms with E-state index in [-0.39, 0.29) is 17.4 Å². The van der Waals surface area contributed by atoms with E-state index >= 15 is 0 Å². The summed E-state index contributed by atoms with van der Waals surface area (Å²) in [5.41, 5.74) is 4.07. The average Bonchev–Trinajstić information content (AvgIpc) is 2.94. The van der Waals surface area contributed by atoms with Crippen molar-refractivity contribution in [2.75, 3.05) is 0 Å². The summed E-state index contributed by atoms with van der Waals surface area (Å²) in [6.45, 7) is 2.23. The number of aryl methyl sites for hydroxylation is 1. The van der Waals surface area contributed by atoms with Crippen LogP contribution >= 0.6 is 11.3 Å². The smallest absolute Gasteiger partial charge is 0.281 e. The maximum atomic E-state index is 12.2. The molecule has 2 aromatic rings. The van der Waals surface area contributed by atoms with Gasteiger partial charge in [0.05, 0.1) is 11.1 Å². The Hall–Kier alpha value is -2.34. The zero-order chi connectivity index (χ0) is 16.4. The number of hydrogen-bond acceptors (Lipinski definition) is 5. The van der Waals surface area contributed by atoms with Gasteiger partial charge in [-0.2, -0.15) is 5.10 Å². The van der Waals surface area contributed by atoms with Gasteiger partial charge in [0.2, 0.25) is 0 Å². The van der Waals surface area contributed by atoms with Crippen molar-refractivity contribution in [3.05, 3.63) is 45.1 Å². The molecule has 1 aliphatic carbocycles. The fourth-order valence-electron chi connectivity index (χ4n) is 2.69. The van der Waals surface area contributed by atoms with Crippen LogP contribution in [0.3, 0.4) is 0 Å². The lowest BCUT2D eigenvalue weighted by atomic mass is 9.90. The first-order valence-electron chi connectivity index (χ1n) is 7.50. The van der Waals surface area contributed by atoms with E-state index in [1.165, 1.54) is 40.5 Å². The van der Waals surface area contributed by atoms with Gasteiger partial charge in [0.1, 0.15) is 0 Å². The third kappa shape index (κ3) is 3.37. The molecular weight excluding hydrogens is 312 g/mol. The Morgan fingerprint density at radius 1 is 1.43 bits per heavy atom. The van der Waals surface area contributed by atoms with E-state index in [4.69, 9.17) is 0 Å². The number of nitrogens with one attached hydrogen (secondary N) is 1. The van der Waals surface area contributed by atoms with Crippen molar-refractivity contribution in [3.8, 4) is 11.5 Å². The van der Waals surface area contributed by atoms with Gasteiger partial charge in [-0.1, -0.05) is 13.0 Å². The van der Waals surface area contributed by atoms with Crippen LogP contribution in [0.25, 0.3) is 0 Å². The number of phenols is 2. The van der Waals surface area contributed by atoms with Crippen LogP contribution in [0.1, 0.15) is 39.0 Å². The predicted molar refractivity (Wildman–Crippen MR) is 90.3 cm³/mol. The molecule has 0 fully saturated rings. The zero-order valence-corrected chi connectivity index (χ0v) is 13.6. The van der Waals surface area contributed by atoms with Gasteiger partial charge in [-0.25, -0.2) is 5.43 Å². The standard InChI is InChI=1S/C17H18N2O3S/c1-10-5-6-14-12(7-10)8-15(23-14)17(22)19-18-9-11-3-2-4-13(20)16(11)21/h2-4,8-10,20-21H,5-7H2,1H3,(H,19,22)/b18-9+. The largest absolute Gasteiger partial charge is 0.504 e. The lowest BCUT2D eigenvalue weighted by Crippen LogP contribution is -2.16. The van der Waals surface area contributed by atoms with E-state index in [0.717, 1.165) is 12.8 Å². The number of benzene rings is 1. The third-order valence-electron chi connectivity index (χ3n) is 3.97. The number of thiophene rings is 1. The molecule has 0 bridgehead atoms. The summed E-state index contributed by atoms with van der Waals surface area (Å²) in [6.07, 6.45) is 4.54. The van der Waals surface area contributed by atoms with Gasteiger partial charge in [0, 0.05) is 10.4 Å². The van der Waals surface area contributed by atoms with Crippen LogP contribution in [-0.2, 0) is 12.8 Å². The molecule has 1 aliphatic rings. The molecule has 1 atom stereocenters. The summed E-state index contributed by atoms with van der Waals surface area (Å²) in [5.74, 6) is -0.0703. The molecule has 5 nitrogen and oxygen atoms in total. The van der Waals surface area contributed by atoms with Crippen molar-refractivity contribution in [1.29, 1.82) is 0 Å². The van der Waals surface area contributed by atoms with Crippen molar-refractivity contribution in [1.82, 2.24) is 5.43 Å². The van der Waals surface area contributed by atoms with Crippen molar-refractivity contribution in [2.45, 2.75) is 26.2 Å². The van der Waals surface area contributed by atoms with Gasteiger partial charge < -0.3 is 10.2 Å². The summed E-state index contributed by atoms with van der Waals surface area (Å²) < 4.78 is 0. The number of phenolic OH excluding ortho intramolecular Hbond substituents is 2. The molecule has 120 valence electrons. The van der Waals surface area contributed by atoms with Crippen LogP contribution in [0.15, 0.2) is 29.4 Å². The summed E-state index contributed by atoms with van der Waals surface area (Å²) in [7, 11) is 0. The summed E-state index contributed by atoms with van der Waals surface area (Å²) in [6, 6.07) is 6.51. The minimum absolute atomic E-state index is 0.222. The minimum atomic E-state index is -0.258. The number of amides is 1. The SMILES string of the molecule is CC1CCc2sc(C(=O)N/N=C/c3cccc(O)c3O)cc2C1. The van der Waals surface area contributed by atoms with E-state index in [1.54, 1.807) is 12.1 Å². The first-order valence-corrected chi connectivity index (χ1v) is 8.32. The zero-order valence-electron chi connectivity index (χ0n) is 12.7. The number of hydrazone groups is 1. The van der Waals surface area contributed by atoms with E-state index < -0.39 is 0 Å². The molecule has 0 saturated heterocycles. The van der Waals surface area contributed by atoms with Crippen LogP contribution in [0, 0.1) is 5.92 Å². The quantitative estimate of drug-likeness (QED) is 0.459. The van der Waals surface area contributed by atoms with Gasteiger partial charge in [-0.3, -0.25) is 4.79 Å². The van der Waals surface area contributed by atoms with E-state index in [9.17, 15) is 15.0 Å². The Kier molecular flexibility index (Phi) is 4.34. The second kappa shape index (κ2) is 6.42. The van der Waals surface area contributed by atoms with E-state index in [2.05, 4.69) is 17.5 Å². The van der Waals surface area contributed by atoms with Gasteiger partial charge in [-0.15, -0.1) is 11.3 Å². The molecule has 3 rings (SSSR count). The molecule has 0 aliphatic heterocycles.